The number of hydrogen-bond donors (Lipinski definition) is 2. The van der Waals surface area contributed by atoms with Crippen LogP contribution in [0.25, 0.3) is 11.3 Å². The molecule has 0 aliphatic heterocycles. The molecular formula is C19H28IN5. The average molecular weight is 453 g/mol. The molecule has 136 valence electrons. The summed E-state index contributed by atoms with van der Waals surface area (Å²) in [6.45, 7) is 0.545. The summed E-state index contributed by atoms with van der Waals surface area (Å²) in [7, 11) is 1.94. The van der Waals surface area contributed by atoms with Crippen molar-refractivity contribution in [2.45, 2.75) is 51.1 Å². The molecular weight excluding hydrogens is 425 g/mol. The van der Waals surface area contributed by atoms with E-state index in [1.807, 2.05) is 36.1 Å². The van der Waals surface area contributed by atoms with Crippen molar-refractivity contribution in [3.63, 3.8) is 0 Å². The molecule has 1 saturated carbocycles. The number of halogens is 1. The smallest absolute Gasteiger partial charge is 0.189 e. The van der Waals surface area contributed by atoms with Crippen LogP contribution in [-0.4, -0.2) is 21.8 Å². The third-order valence-corrected chi connectivity index (χ3v) is 4.58. The van der Waals surface area contributed by atoms with Gasteiger partial charge in [-0.05, 0) is 12.8 Å². The van der Waals surface area contributed by atoms with E-state index in [0.29, 0.717) is 18.5 Å². The molecule has 0 atom stereocenters. The van der Waals surface area contributed by atoms with Crippen LogP contribution >= 0.6 is 24.0 Å². The predicted octanol–water partition coefficient (Wildman–Crippen LogP) is 3.83. The van der Waals surface area contributed by atoms with Crippen LogP contribution in [0, 0.1) is 0 Å². The van der Waals surface area contributed by atoms with Crippen molar-refractivity contribution < 1.29 is 0 Å². The number of nitrogens with two attached hydrogens (primary N) is 1. The zero-order chi connectivity index (χ0) is 16.8. The van der Waals surface area contributed by atoms with Crippen molar-refractivity contribution in [2.75, 3.05) is 0 Å². The van der Waals surface area contributed by atoms with E-state index in [-0.39, 0.29) is 24.0 Å². The molecule has 5 nitrogen and oxygen atoms in total. The fourth-order valence-corrected chi connectivity index (χ4v) is 3.34. The lowest BCUT2D eigenvalue weighted by molar-refractivity contribution is 0.530. The quantitative estimate of drug-likeness (QED) is 0.320. The summed E-state index contributed by atoms with van der Waals surface area (Å²) in [5, 5.41) is 7.97. The van der Waals surface area contributed by atoms with Crippen molar-refractivity contribution in [1.29, 1.82) is 0 Å². The summed E-state index contributed by atoms with van der Waals surface area (Å²) in [6, 6.07) is 10.7. The second kappa shape index (κ2) is 9.79. The number of benzene rings is 1. The first kappa shape index (κ1) is 19.8. The van der Waals surface area contributed by atoms with E-state index in [4.69, 9.17) is 5.73 Å². The van der Waals surface area contributed by atoms with Crippen molar-refractivity contribution in [1.82, 2.24) is 15.1 Å². The SMILES string of the molecule is Cn1cc(CN=C(N)NC2CCCCCC2)c(-c2ccccc2)n1.I. The van der Waals surface area contributed by atoms with Crippen LogP contribution in [0.4, 0.5) is 0 Å². The minimum atomic E-state index is 0. The molecule has 0 spiro atoms. The Morgan fingerprint density at radius 1 is 1.20 bits per heavy atom. The molecule has 25 heavy (non-hydrogen) atoms. The standard InChI is InChI=1S/C19H27N5.HI/c1-24-14-16(18(23-24)15-9-5-4-6-10-15)13-21-19(20)22-17-11-7-2-3-8-12-17;/h4-6,9-10,14,17H,2-3,7-8,11-13H2,1H3,(H3,20,21,22);1H. The number of guanidine groups is 1. The molecule has 6 heteroatoms. The van der Waals surface area contributed by atoms with Gasteiger partial charge in [0.2, 0.25) is 0 Å². The topological polar surface area (TPSA) is 68.2 Å². The summed E-state index contributed by atoms with van der Waals surface area (Å²) in [5.41, 5.74) is 9.29. The third-order valence-electron chi connectivity index (χ3n) is 4.58. The Labute approximate surface area is 167 Å². The van der Waals surface area contributed by atoms with Crippen LogP contribution in [-0.2, 0) is 13.6 Å². The van der Waals surface area contributed by atoms with Gasteiger partial charge in [-0.25, -0.2) is 4.99 Å². The fraction of sp³-hybridized carbons (Fsp3) is 0.474. The van der Waals surface area contributed by atoms with Gasteiger partial charge in [0.1, 0.15) is 0 Å². The zero-order valence-corrected chi connectivity index (χ0v) is 17.1. The Balaban J connectivity index is 0.00000225. The van der Waals surface area contributed by atoms with Gasteiger partial charge in [-0.2, -0.15) is 5.10 Å². The first-order valence-corrected chi connectivity index (χ1v) is 8.87. The first-order chi connectivity index (χ1) is 11.7. The Morgan fingerprint density at radius 3 is 2.56 bits per heavy atom. The lowest BCUT2D eigenvalue weighted by Crippen LogP contribution is -2.39. The maximum Gasteiger partial charge on any atom is 0.189 e. The fourth-order valence-electron chi connectivity index (χ4n) is 3.34. The van der Waals surface area contributed by atoms with E-state index in [1.54, 1.807) is 0 Å². The summed E-state index contributed by atoms with van der Waals surface area (Å²) >= 11 is 0. The Morgan fingerprint density at radius 2 is 1.88 bits per heavy atom. The van der Waals surface area contributed by atoms with Crippen LogP contribution in [0.15, 0.2) is 41.5 Å². The number of hydrogen-bond acceptors (Lipinski definition) is 2. The van der Waals surface area contributed by atoms with E-state index in [2.05, 4.69) is 27.5 Å². The zero-order valence-electron chi connectivity index (χ0n) is 14.8. The Bertz CT molecular complexity index is 672. The van der Waals surface area contributed by atoms with E-state index >= 15 is 0 Å². The maximum absolute atomic E-state index is 6.11. The van der Waals surface area contributed by atoms with Gasteiger partial charge in [-0.1, -0.05) is 56.0 Å². The number of aliphatic imine (C=N–C) groups is 1. The van der Waals surface area contributed by atoms with E-state index < -0.39 is 0 Å². The van der Waals surface area contributed by atoms with Gasteiger partial charge in [0, 0.05) is 30.4 Å². The first-order valence-electron chi connectivity index (χ1n) is 8.87. The minimum Gasteiger partial charge on any atom is -0.370 e. The lowest BCUT2D eigenvalue weighted by Gasteiger charge is -2.16. The summed E-state index contributed by atoms with van der Waals surface area (Å²) in [5.74, 6) is 0.546. The molecule has 0 unspecified atom stereocenters. The molecule has 3 rings (SSSR count). The third kappa shape index (κ3) is 5.73. The molecule has 3 N–H and O–H groups in total. The van der Waals surface area contributed by atoms with Crippen LogP contribution in [0.2, 0.25) is 0 Å². The van der Waals surface area contributed by atoms with Gasteiger partial charge in [0.05, 0.1) is 12.2 Å². The Hall–Kier alpha value is -1.57. The van der Waals surface area contributed by atoms with E-state index in [1.165, 1.54) is 38.5 Å². The van der Waals surface area contributed by atoms with Crippen LogP contribution in [0.5, 0.6) is 0 Å². The monoisotopic (exact) mass is 453 g/mol. The number of aromatic nitrogens is 2. The number of nitrogens with one attached hydrogen (secondary N) is 1. The summed E-state index contributed by atoms with van der Waals surface area (Å²) < 4.78 is 1.84. The van der Waals surface area contributed by atoms with Gasteiger partial charge in [-0.15, -0.1) is 24.0 Å². The molecule has 0 radical (unpaired) electrons. The van der Waals surface area contributed by atoms with E-state index in [0.717, 1.165) is 16.8 Å². The van der Waals surface area contributed by atoms with E-state index in [9.17, 15) is 0 Å². The largest absolute Gasteiger partial charge is 0.370 e. The highest BCUT2D eigenvalue weighted by Gasteiger charge is 2.13. The summed E-state index contributed by atoms with van der Waals surface area (Å²) in [6.07, 6.45) is 9.65. The normalized spacial score (nSPS) is 16.1. The highest BCUT2D eigenvalue weighted by molar-refractivity contribution is 14.0. The second-order valence-corrected chi connectivity index (χ2v) is 6.58. The molecule has 1 aromatic heterocycles. The maximum atomic E-state index is 6.11. The predicted molar refractivity (Wildman–Crippen MR) is 114 cm³/mol. The summed E-state index contributed by atoms with van der Waals surface area (Å²) in [4.78, 5) is 4.55. The van der Waals surface area contributed by atoms with Gasteiger partial charge in [-0.3, -0.25) is 4.68 Å². The van der Waals surface area contributed by atoms with Crippen LogP contribution in [0.1, 0.15) is 44.1 Å². The van der Waals surface area contributed by atoms with Crippen LogP contribution < -0.4 is 11.1 Å². The minimum absolute atomic E-state index is 0. The van der Waals surface area contributed by atoms with Gasteiger partial charge < -0.3 is 11.1 Å². The van der Waals surface area contributed by atoms with Crippen molar-refractivity contribution in [3.05, 3.63) is 42.1 Å². The van der Waals surface area contributed by atoms with Crippen LogP contribution in [0.3, 0.4) is 0 Å². The highest BCUT2D eigenvalue weighted by atomic mass is 127. The molecule has 0 bridgehead atoms. The van der Waals surface area contributed by atoms with Crippen molar-refractivity contribution in [3.8, 4) is 11.3 Å². The second-order valence-electron chi connectivity index (χ2n) is 6.58. The number of nitrogens with zero attached hydrogens (tertiary/aromatic N) is 3. The highest BCUT2D eigenvalue weighted by Crippen LogP contribution is 2.22. The molecule has 0 amide bonds. The van der Waals surface area contributed by atoms with Crippen molar-refractivity contribution in [2.24, 2.45) is 17.8 Å². The Kier molecular flexibility index (Phi) is 7.74. The molecule has 2 aromatic rings. The molecule has 1 aliphatic carbocycles. The van der Waals surface area contributed by atoms with Gasteiger partial charge >= 0.3 is 0 Å². The van der Waals surface area contributed by atoms with Crippen molar-refractivity contribution >= 4 is 29.9 Å². The molecule has 1 aromatic carbocycles. The number of aryl methyl sites for hydroxylation is 1. The molecule has 1 fully saturated rings. The van der Waals surface area contributed by atoms with Gasteiger partial charge in [0.25, 0.3) is 0 Å². The molecule has 1 aliphatic rings. The van der Waals surface area contributed by atoms with Gasteiger partial charge in [0.15, 0.2) is 5.96 Å². The molecule has 0 saturated heterocycles. The average Bonchev–Trinajstić information content (AvgIpc) is 2.79. The lowest BCUT2D eigenvalue weighted by atomic mass is 10.1. The number of rotatable bonds is 4. The molecule has 1 heterocycles.